The standard InChI is InChI=1S/C17H16Cl2N2O2/c1-3-4-14-16(17(22)23-2)15(10(8-20)9-21-14)12-6-5-11(18)7-13(12)19/h5-7,9,15,21H,3-4H2,1-2H3. The average Bonchev–Trinajstić information content (AvgIpc) is 2.54. The van der Waals surface area contributed by atoms with Gasteiger partial charge in [0, 0.05) is 21.9 Å². The van der Waals surface area contributed by atoms with Crippen LogP contribution < -0.4 is 5.32 Å². The molecule has 0 spiro atoms. The number of carbonyl (C=O) groups excluding carboxylic acids is 1. The predicted molar refractivity (Wildman–Crippen MR) is 90.0 cm³/mol. The van der Waals surface area contributed by atoms with Crippen LogP contribution in [-0.4, -0.2) is 13.1 Å². The maximum absolute atomic E-state index is 12.3. The molecule has 0 aromatic heterocycles. The third-order valence-electron chi connectivity index (χ3n) is 3.63. The van der Waals surface area contributed by atoms with Gasteiger partial charge in [-0.3, -0.25) is 0 Å². The lowest BCUT2D eigenvalue weighted by Gasteiger charge is -2.27. The molecule has 0 aliphatic carbocycles. The predicted octanol–water partition coefficient (Wildman–Crippen LogP) is 4.31. The van der Waals surface area contributed by atoms with Gasteiger partial charge in [-0.25, -0.2) is 4.79 Å². The van der Waals surface area contributed by atoms with Gasteiger partial charge in [0.15, 0.2) is 0 Å². The number of carbonyl (C=O) groups is 1. The molecular formula is C17H16Cl2N2O2. The summed E-state index contributed by atoms with van der Waals surface area (Å²) in [4.78, 5) is 12.3. The van der Waals surface area contributed by atoms with E-state index in [9.17, 15) is 10.1 Å². The van der Waals surface area contributed by atoms with E-state index in [0.29, 0.717) is 33.2 Å². The number of rotatable bonds is 4. The van der Waals surface area contributed by atoms with E-state index in [2.05, 4.69) is 11.4 Å². The summed E-state index contributed by atoms with van der Waals surface area (Å²) in [5, 5.41) is 13.4. The van der Waals surface area contributed by atoms with Crippen molar-refractivity contribution in [1.82, 2.24) is 5.32 Å². The lowest BCUT2D eigenvalue weighted by Crippen LogP contribution is -2.26. The van der Waals surface area contributed by atoms with Gasteiger partial charge in [-0.1, -0.05) is 42.6 Å². The number of nitrogens with one attached hydrogen (secondary N) is 1. The minimum atomic E-state index is -0.569. The fourth-order valence-corrected chi connectivity index (χ4v) is 3.14. The summed E-state index contributed by atoms with van der Waals surface area (Å²) in [6.45, 7) is 2.01. The number of esters is 1. The molecule has 1 N–H and O–H groups in total. The van der Waals surface area contributed by atoms with Crippen molar-refractivity contribution in [3.8, 4) is 6.07 Å². The number of nitriles is 1. The minimum Gasteiger partial charge on any atom is -0.466 e. The van der Waals surface area contributed by atoms with Gasteiger partial charge in [0.1, 0.15) is 0 Å². The molecule has 1 aromatic rings. The molecule has 0 bridgehead atoms. The second-order valence-corrected chi connectivity index (χ2v) is 5.93. The third kappa shape index (κ3) is 3.52. The van der Waals surface area contributed by atoms with Gasteiger partial charge in [-0.05, 0) is 24.1 Å². The van der Waals surface area contributed by atoms with Crippen molar-refractivity contribution in [2.45, 2.75) is 25.7 Å². The Kier molecular flexibility index (Phi) is 5.70. The van der Waals surface area contributed by atoms with Gasteiger partial charge >= 0.3 is 5.97 Å². The highest BCUT2D eigenvalue weighted by molar-refractivity contribution is 6.35. The highest BCUT2D eigenvalue weighted by Gasteiger charge is 2.34. The first kappa shape index (κ1) is 17.4. The number of dihydropyridines is 1. The number of halogens is 2. The Morgan fingerprint density at radius 1 is 1.43 bits per heavy atom. The van der Waals surface area contributed by atoms with Gasteiger partial charge in [0.25, 0.3) is 0 Å². The first-order chi connectivity index (χ1) is 11.0. The molecule has 4 nitrogen and oxygen atoms in total. The molecule has 0 saturated heterocycles. The van der Waals surface area contributed by atoms with E-state index < -0.39 is 11.9 Å². The number of allylic oxidation sites excluding steroid dienone is 2. The third-order valence-corrected chi connectivity index (χ3v) is 4.20. The number of hydrogen-bond donors (Lipinski definition) is 1. The van der Waals surface area contributed by atoms with E-state index >= 15 is 0 Å². The van der Waals surface area contributed by atoms with E-state index in [0.717, 1.165) is 12.1 Å². The van der Waals surface area contributed by atoms with Crippen LogP contribution in [-0.2, 0) is 9.53 Å². The molecule has 1 heterocycles. The molecule has 1 aliphatic heterocycles. The van der Waals surface area contributed by atoms with Gasteiger partial charge in [0.2, 0.25) is 0 Å². The summed E-state index contributed by atoms with van der Waals surface area (Å²) in [6.07, 6.45) is 3.13. The fourth-order valence-electron chi connectivity index (χ4n) is 2.62. The van der Waals surface area contributed by atoms with E-state index in [1.54, 1.807) is 24.4 Å². The molecule has 1 aromatic carbocycles. The molecule has 1 unspecified atom stereocenters. The minimum absolute atomic E-state index is 0.398. The molecular weight excluding hydrogens is 335 g/mol. The molecule has 0 amide bonds. The zero-order valence-corrected chi connectivity index (χ0v) is 14.3. The Bertz CT molecular complexity index is 733. The topological polar surface area (TPSA) is 62.1 Å². The zero-order valence-electron chi connectivity index (χ0n) is 12.8. The number of ether oxygens (including phenoxy) is 1. The van der Waals surface area contributed by atoms with Crippen molar-refractivity contribution in [3.05, 3.63) is 56.9 Å². The highest BCUT2D eigenvalue weighted by atomic mass is 35.5. The van der Waals surface area contributed by atoms with Crippen molar-refractivity contribution in [2.75, 3.05) is 7.11 Å². The van der Waals surface area contributed by atoms with Gasteiger partial charge in [0.05, 0.1) is 30.2 Å². The summed E-state index contributed by atoms with van der Waals surface area (Å²) < 4.78 is 4.93. The van der Waals surface area contributed by atoms with E-state index in [4.69, 9.17) is 27.9 Å². The van der Waals surface area contributed by atoms with Gasteiger partial charge in [-0.2, -0.15) is 5.26 Å². The second-order valence-electron chi connectivity index (χ2n) is 5.09. The van der Waals surface area contributed by atoms with Crippen molar-refractivity contribution in [2.24, 2.45) is 0 Å². The number of methoxy groups -OCH3 is 1. The van der Waals surface area contributed by atoms with Crippen LogP contribution >= 0.6 is 23.2 Å². The monoisotopic (exact) mass is 350 g/mol. The van der Waals surface area contributed by atoms with E-state index in [1.807, 2.05) is 6.92 Å². The largest absolute Gasteiger partial charge is 0.466 e. The molecule has 2 rings (SSSR count). The van der Waals surface area contributed by atoms with Crippen molar-refractivity contribution in [3.63, 3.8) is 0 Å². The summed E-state index contributed by atoms with van der Waals surface area (Å²) in [5.74, 6) is -1.04. The maximum atomic E-state index is 12.3. The Labute approximate surface area is 145 Å². The molecule has 1 atom stereocenters. The first-order valence-electron chi connectivity index (χ1n) is 7.16. The molecule has 1 aliphatic rings. The van der Waals surface area contributed by atoms with Gasteiger partial charge in [-0.15, -0.1) is 0 Å². The lowest BCUT2D eigenvalue weighted by molar-refractivity contribution is -0.136. The SMILES string of the molecule is CCCC1=C(C(=O)OC)C(c2ccc(Cl)cc2Cl)C(C#N)=CN1. The highest BCUT2D eigenvalue weighted by Crippen LogP contribution is 2.40. The Morgan fingerprint density at radius 2 is 2.17 bits per heavy atom. The smallest absolute Gasteiger partial charge is 0.336 e. The number of nitrogens with zero attached hydrogens (tertiary/aromatic N) is 1. The molecule has 0 radical (unpaired) electrons. The van der Waals surface area contributed by atoms with Crippen LogP contribution in [0, 0.1) is 11.3 Å². The molecule has 0 fully saturated rings. The summed E-state index contributed by atoms with van der Waals surface area (Å²) in [6, 6.07) is 7.16. The Balaban J connectivity index is 2.65. The Morgan fingerprint density at radius 3 is 2.74 bits per heavy atom. The second kappa shape index (κ2) is 7.54. The average molecular weight is 351 g/mol. The van der Waals surface area contributed by atoms with Crippen molar-refractivity contribution < 1.29 is 9.53 Å². The van der Waals surface area contributed by atoms with Crippen LogP contribution in [0.15, 0.2) is 41.2 Å². The van der Waals surface area contributed by atoms with Crippen LogP contribution in [0.25, 0.3) is 0 Å². The lowest BCUT2D eigenvalue weighted by atomic mass is 9.82. The molecule has 6 heteroatoms. The molecule has 120 valence electrons. The molecule has 23 heavy (non-hydrogen) atoms. The number of benzene rings is 1. The normalized spacial score (nSPS) is 17.2. The van der Waals surface area contributed by atoms with Crippen molar-refractivity contribution in [1.29, 1.82) is 5.26 Å². The van der Waals surface area contributed by atoms with E-state index in [1.165, 1.54) is 7.11 Å². The summed E-state index contributed by atoms with van der Waals surface area (Å²) in [7, 11) is 1.32. The Hall–Kier alpha value is -1.96. The summed E-state index contributed by atoms with van der Waals surface area (Å²) >= 11 is 12.3. The first-order valence-corrected chi connectivity index (χ1v) is 7.92. The van der Waals surface area contributed by atoms with Gasteiger partial charge < -0.3 is 10.1 Å². The van der Waals surface area contributed by atoms with Crippen LogP contribution in [0.2, 0.25) is 10.0 Å². The number of hydrogen-bond acceptors (Lipinski definition) is 4. The van der Waals surface area contributed by atoms with Crippen LogP contribution in [0.4, 0.5) is 0 Å². The maximum Gasteiger partial charge on any atom is 0.336 e. The van der Waals surface area contributed by atoms with Crippen LogP contribution in [0.5, 0.6) is 0 Å². The van der Waals surface area contributed by atoms with E-state index in [-0.39, 0.29) is 0 Å². The molecule has 0 saturated carbocycles. The van der Waals surface area contributed by atoms with Crippen LogP contribution in [0.3, 0.4) is 0 Å². The zero-order chi connectivity index (χ0) is 17.0. The fraction of sp³-hybridized carbons (Fsp3) is 0.294. The van der Waals surface area contributed by atoms with Crippen LogP contribution in [0.1, 0.15) is 31.2 Å². The van der Waals surface area contributed by atoms with Crippen molar-refractivity contribution >= 4 is 29.2 Å². The summed E-state index contributed by atoms with van der Waals surface area (Å²) in [5.41, 5.74) is 2.21. The quantitative estimate of drug-likeness (QED) is 0.821.